The van der Waals surface area contributed by atoms with Crippen LogP contribution >= 0.6 is 0 Å². The molecule has 1 heterocycles. The van der Waals surface area contributed by atoms with Gasteiger partial charge in [-0.05, 0) is 25.0 Å². The largest absolute Gasteiger partial charge is 0.463 e. The third kappa shape index (κ3) is 2.84. The summed E-state index contributed by atoms with van der Waals surface area (Å²) in [6, 6.07) is 9.38. The fourth-order valence-corrected chi connectivity index (χ4v) is 2.18. The number of esters is 2. The molecule has 1 aromatic carbocycles. The Labute approximate surface area is 112 Å². The Morgan fingerprint density at radius 1 is 1.37 bits per heavy atom. The molecule has 1 aromatic rings. The molecule has 0 N–H and O–H groups in total. The minimum atomic E-state index is -0.574. The molecule has 1 unspecified atom stereocenters. The zero-order valence-electron chi connectivity index (χ0n) is 11.0. The first-order valence-corrected chi connectivity index (χ1v) is 6.28. The molecule has 0 saturated heterocycles. The molecule has 2 rings (SSSR count). The summed E-state index contributed by atoms with van der Waals surface area (Å²) in [6.45, 7) is 3.73. The van der Waals surface area contributed by atoms with Crippen LogP contribution in [0.5, 0.6) is 0 Å². The molecule has 1 atom stereocenters. The summed E-state index contributed by atoms with van der Waals surface area (Å²) in [6.07, 6.45) is -0.474. The van der Waals surface area contributed by atoms with Crippen molar-refractivity contribution in [3.05, 3.63) is 41.5 Å². The second kappa shape index (κ2) is 5.69. The van der Waals surface area contributed by atoms with Crippen molar-refractivity contribution in [1.82, 2.24) is 0 Å². The molecule has 0 bridgehead atoms. The van der Waals surface area contributed by atoms with Crippen molar-refractivity contribution in [3.8, 4) is 0 Å². The lowest BCUT2D eigenvalue weighted by atomic mass is 9.92. The predicted molar refractivity (Wildman–Crippen MR) is 70.2 cm³/mol. The maximum atomic E-state index is 12.0. The molecule has 19 heavy (non-hydrogen) atoms. The van der Waals surface area contributed by atoms with E-state index in [9.17, 15) is 9.59 Å². The highest BCUT2D eigenvalue weighted by molar-refractivity contribution is 6.03. The third-order valence-electron chi connectivity index (χ3n) is 2.98. The van der Waals surface area contributed by atoms with E-state index in [1.807, 2.05) is 30.3 Å². The third-order valence-corrected chi connectivity index (χ3v) is 2.98. The molecular weight excluding hydrogens is 244 g/mol. The van der Waals surface area contributed by atoms with Crippen molar-refractivity contribution in [2.75, 3.05) is 6.61 Å². The van der Waals surface area contributed by atoms with Gasteiger partial charge in [0.1, 0.15) is 6.10 Å². The van der Waals surface area contributed by atoms with Crippen molar-refractivity contribution in [2.24, 2.45) is 0 Å². The van der Waals surface area contributed by atoms with Crippen molar-refractivity contribution in [3.63, 3.8) is 0 Å². The van der Waals surface area contributed by atoms with Gasteiger partial charge in [0, 0.05) is 0 Å². The molecular formula is C15H16O4. The first-order chi connectivity index (χ1) is 9.13. The molecule has 0 amide bonds. The Balaban J connectivity index is 2.49. The maximum absolute atomic E-state index is 12.0. The van der Waals surface area contributed by atoms with Crippen molar-refractivity contribution >= 4 is 17.5 Å². The van der Waals surface area contributed by atoms with E-state index >= 15 is 0 Å². The standard InChI is InChI=1S/C15H16O4/c1-3-18-15(17)14-10(2)19-13(16)9-12(14)11-7-5-4-6-8-11/h4-8,10H,3,9H2,1-2H3. The van der Waals surface area contributed by atoms with E-state index in [4.69, 9.17) is 9.47 Å². The Bertz CT molecular complexity index is 516. The molecule has 0 aliphatic carbocycles. The van der Waals surface area contributed by atoms with E-state index < -0.39 is 12.1 Å². The van der Waals surface area contributed by atoms with Gasteiger partial charge in [-0.15, -0.1) is 0 Å². The highest BCUT2D eigenvalue weighted by Crippen LogP contribution is 2.31. The van der Waals surface area contributed by atoms with Crippen molar-refractivity contribution < 1.29 is 19.1 Å². The first-order valence-electron chi connectivity index (χ1n) is 6.28. The van der Waals surface area contributed by atoms with Crippen LogP contribution in [-0.2, 0) is 19.1 Å². The highest BCUT2D eigenvalue weighted by atomic mass is 16.6. The number of hydrogen-bond donors (Lipinski definition) is 0. The van der Waals surface area contributed by atoms with Gasteiger partial charge < -0.3 is 9.47 Å². The number of cyclic esters (lactones) is 1. The van der Waals surface area contributed by atoms with E-state index in [0.29, 0.717) is 17.8 Å². The van der Waals surface area contributed by atoms with Crippen molar-refractivity contribution in [2.45, 2.75) is 26.4 Å². The van der Waals surface area contributed by atoms with Crippen LogP contribution in [0.25, 0.3) is 5.57 Å². The average molecular weight is 260 g/mol. The SMILES string of the molecule is CCOC(=O)C1=C(c2ccccc2)CC(=O)OC1C. The van der Waals surface area contributed by atoms with Crippen LogP contribution in [0, 0.1) is 0 Å². The molecule has 4 heteroatoms. The van der Waals surface area contributed by atoms with Crippen LogP contribution in [0.3, 0.4) is 0 Å². The van der Waals surface area contributed by atoms with Gasteiger partial charge in [-0.25, -0.2) is 4.79 Å². The summed E-state index contributed by atoms with van der Waals surface area (Å²) < 4.78 is 10.2. The molecule has 1 aliphatic rings. The van der Waals surface area contributed by atoms with Crippen molar-refractivity contribution in [1.29, 1.82) is 0 Å². The summed E-state index contributed by atoms with van der Waals surface area (Å²) in [5.74, 6) is -0.735. The Morgan fingerprint density at radius 2 is 2.05 bits per heavy atom. The van der Waals surface area contributed by atoms with Gasteiger partial charge in [0.2, 0.25) is 0 Å². The second-order valence-electron chi connectivity index (χ2n) is 4.29. The Hall–Kier alpha value is -2.10. The van der Waals surface area contributed by atoms with Crippen LogP contribution in [0.2, 0.25) is 0 Å². The molecule has 0 aromatic heterocycles. The summed E-state index contributed by atoms with van der Waals surface area (Å²) >= 11 is 0. The second-order valence-corrected chi connectivity index (χ2v) is 4.29. The predicted octanol–water partition coefficient (Wildman–Crippen LogP) is 2.34. The zero-order valence-corrected chi connectivity index (χ0v) is 11.0. The molecule has 1 aliphatic heterocycles. The summed E-state index contributed by atoms with van der Waals surface area (Å²) in [7, 11) is 0. The van der Waals surface area contributed by atoms with E-state index in [-0.39, 0.29) is 12.4 Å². The average Bonchev–Trinajstić information content (AvgIpc) is 2.39. The van der Waals surface area contributed by atoms with Gasteiger partial charge in [-0.1, -0.05) is 30.3 Å². The van der Waals surface area contributed by atoms with E-state index in [1.165, 1.54) is 0 Å². The Kier molecular flexibility index (Phi) is 4.00. The Morgan fingerprint density at radius 3 is 2.68 bits per heavy atom. The number of ether oxygens (including phenoxy) is 2. The van der Waals surface area contributed by atoms with Gasteiger partial charge in [0.25, 0.3) is 0 Å². The lowest BCUT2D eigenvalue weighted by molar-refractivity contribution is -0.149. The molecule has 0 fully saturated rings. The van der Waals surface area contributed by atoms with E-state index in [2.05, 4.69) is 0 Å². The summed E-state index contributed by atoms with van der Waals surface area (Å²) in [5, 5.41) is 0. The number of carbonyl (C=O) groups is 2. The van der Waals surface area contributed by atoms with E-state index in [1.54, 1.807) is 13.8 Å². The topological polar surface area (TPSA) is 52.6 Å². The van der Waals surface area contributed by atoms with Gasteiger partial charge in [0.15, 0.2) is 0 Å². The lowest BCUT2D eigenvalue weighted by Gasteiger charge is -2.25. The number of carbonyl (C=O) groups excluding carboxylic acids is 2. The van der Waals surface area contributed by atoms with Gasteiger partial charge in [-0.2, -0.15) is 0 Å². The molecule has 0 radical (unpaired) electrons. The van der Waals surface area contributed by atoms with Crippen LogP contribution in [0.15, 0.2) is 35.9 Å². The summed E-state index contributed by atoms with van der Waals surface area (Å²) in [5.41, 5.74) is 1.99. The quantitative estimate of drug-likeness (QED) is 0.783. The number of rotatable bonds is 3. The minimum absolute atomic E-state index is 0.0997. The zero-order chi connectivity index (χ0) is 13.8. The highest BCUT2D eigenvalue weighted by Gasteiger charge is 2.32. The van der Waals surface area contributed by atoms with Gasteiger partial charge in [0.05, 0.1) is 18.6 Å². The van der Waals surface area contributed by atoms with Crippen LogP contribution in [0.4, 0.5) is 0 Å². The van der Waals surface area contributed by atoms with Crippen LogP contribution in [-0.4, -0.2) is 24.6 Å². The normalized spacial score (nSPS) is 19.1. The fraction of sp³-hybridized carbons (Fsp3) is 0.333. The molecule has 100 valence electrons. The molecule has 4 nitrogen and oxygen atoms in total. The lowest BCUT2D eigenvalue weighted by Crippen LogP contribution is -2.29. The van der Waals surface area contributed by atoms with Crippen LogP contribution in [0.1, 0.15) is 25.8 Å². The van der Waals surface area contributed by atoms with Gasteiger partial charge in [-0.3, -0.25) is 4.79 Å². The fourth-order valence-electron chi connectivity index (χ4n) is 2.18. The first kappa shape index (κ1) is 13.3. The summed E-state index contributed by atoms with van der Waals surface area (Å²) in [4.78, 5) is 23.6. The maximum Gasteiger partial charge on any atom is 0.338 e. The molecule has 0 saturated carbocycles. The van der Waals surface area contributed by atoms with Gasteiger partial charge >= 0.3 is 11.9 Å². The minimum Gasteiger partial charge on any atom is -0.463 e. The van der Waals surface area contributed by atoms with Crippen LogP contribution < -0.4 is 0 Å². The smallest absolute Gasteiger partial charge is 0.338 e. The number of hydrogen-bond acceptors (Lipinski definition) is 4. The molecule has 0 spiro atoms. The number of benzene rings is 1. The van der Waals surface area contributed by atoms with E-state index in [0.717, 1.165) is 5.56 Å². The monoisotopic (exact) mass is 260 g/mol.